The molecule has 11 heteroatoms. The maximum Gasteiger partial charge on any atom is 0.265 e. The molecular weight excluding hydrogens is 384 g/mol. The number of nitrogens with zero attached hydrogens (tertiary/aromatic N) is 4. The van der Waals surface area contributed by atoms with E-state index in [1.165, 1.54) is 23.9 Å². The predicted octanol–water partition coefficient (Wildman–Crippen LogP) is 1.24. The Kier molecular flexibility index (Phi) is 5.29. The highest BCUT2D eigenvalue weighted by molar-refractivity contribution is 7.89. The first-order valence-electron chi connectivity index (χ1n) is 8.41. The summed E-state index contributed by atoms with van der Waals surface area (Å²) >= 11 is 0. The Bertz CT molecular complexity index is 1090. The third-order valence-corrected chi connectivity index (χ3v) is 5.53. The van der Waals surface area contributed by atoms with E-state index < -0.39 is 22.0 Å². The number of amides is 1. The van der Waals surface area contributed by atoms with Gasteiger partial charge in [0.25, 0.3) is 5.91 Å². The maximum atomic E-state index is 12.8. The van der Waals surface area contributed by atoms with Crippen molar-refractivity contribution >= 4 is 15.9 Å². The second-order valence-corrected chi connectivity index (χ2v) is 8.29. The van der Waals surface area contributed by atoms with Gasteiger partial charge in [0, 0.05) is 31.2 Å². The Balaban J connectivity index is 1.90. The average Bonchev–Trinajstić information content (AvgIpc) is 3.27. The van der Waals surface area contributed by atoms with Crippen molar-refractivity contribution in [3.63, 3.8) is 0 Å². The first kappa shape index (κ1) is 19.7. The van der Waals surface area contributed by atoms with Gasteiger partial charge in [-0.1, -0.05) is 19.0 Å². The number of aromatic nitrogens is 4. The van der Waals surface area contributed by atoms with Gasteiger partial charge < -0.3 is 14.8 Å². The van der Waals surface area contributed by atoms with Crippen LogP contribution >= 0.6 is 0 Å². The summed E-state index contributed by atoms with van der Waals surface area (Å²) in [6.07, 6.45) is 4.52. The van der Waals surface area contributed by atoms with Crippen LogP contribution in [0.5, 0.6) is 0 Å². The molecule has 0 bridgehead atoms. The Morgan fingerprint density at radius 3 is 2.68 bits per heavy atom. The number of carbonyl (C=O) groups is 1. The SMILES string of the molecule is CC(C)C(NS(=O)(=O)c1cc(C(N)=O)n(C)c1)c1nc(-c2cccnc2)no1. The third kappa shape index (κ3) is 3.94. The molecule has 0 aliphatic carbocycles. The molecule has 1 amide bonds. The fourth-order valence-electron chi connectivity index (χ4n) is 2.61. The van der Waals surface area contributed by atoms with Crippen molar-refractivity contribution in [3.8, 4) is 11.4 Å². The lowest BCUT2D eigenvalue weighted by Gasteiger charge is -2.18. The Labute approximate surface area is 161 Å². The molecule has 10 nitrogen and oxygen atoms in total. The molecule has 0 radical (unpaired) electrons. The predicted molar refractivity (Wildman–Crippen MR) is 99.4 cm³/mol. The monoisotopic (exact) mass is 404 g/mol. The summed E-state index contributed by atoms with van der Waals surface area (Å²) in [6.45, 7) is 3.64. The van der Waals surface area contributed by atoms with Crippen LogP contribution in [-0.2, 0) is 17.1 Å². The highest BCUT2D eigenvalue weighted by atomic mass is 32.2. The van der Waals surface area contributed by atoms with Crippen LogP contribution in [0, 0.1) is 5.92 Å². The summed E-state index contributed by atoms with van der Waals surface area (Å²) < 4.78 is 34.8. The second-order valence-electron chi connectivity index (χ2n) is 6.58. The largest absolute Gasteiger partial charge is 0.364 e. The number of rotatable bonds is 7. The molecule has 0 saturated carbocycles. The lowest BCUT2D eigenvalue weighted by Crippen LogP contribution is -2.32. The van der Waals surface area contributed by atoms with E-state index in [1.54, 1.807) is 24.5 Å². The fraction of sp³-hybridized carbons (Fsp3) is 0.294. The summed E-state index contributed by atoms with van der Waals surface area (Å²) in [7, 11) is -2.42. The molecule has 1 atom stereocenters. The summed E-state index contributed by atoms with van der Waals surface area (Å²) in [6, 6.07) is 3.96. The molecule has 3 aromatic heterocycles. The van der Waals surface area contributed by atoms with Crippen LogP contribution in [0.25, 0.3) is 11.4 Å². The number of sulfonamides is 1. The van der Waals surface area contributed by atoms with E-state index in [9.17, 15) is 13.2 Å². The quantitative estimate of drug-likeness (QED) is 0.602. The Morgan fingerprint density at radius 2 is 2.11 bits per heavy atom. The van der Waals surface area contributed by atoms with Gasteiger partial charge in [0.15, 0.2) is 0 Å². The van der Waals surface area contributed by atoms with Gasteiger partial charge in [-0.25, -0.2) is 8.42 Å². The number of nitrogens with two attached hydrogens (primary N) is 1. The van der Waals surface area contributed by atoms with Crippen LogP contribution in [0.1, 0.15) is 36.3 Å². The minimum Gasteiger partial charge on any atom is -0.364 e. The number of aryl methyl sites for hydroxylation is 1. The van der Waals surface area contributed by atoms with E-state index in [0.29, 0.717) is 11.4 Å². The van der Waals surface area contributed by atoms with Crippen LogP contribution < -0.4 is 10.5 Å². The minimum atomic E-state index is -3.96. The molecule has 0 aliphatic heterocycles. The van der Waals surface area contributed by atoms with E-state index in [0.717, 1.165) is 0 Å². The van der Waals surface area contributed by atoms with Crippen LogP contribution in [-0.4, -0.2) is 34.0 Å². The number of hydrogen-bond acceptors (Lipinski definition) is 7. The van der Waals surface area contributed by atoms with Gasteiger partial charge in [-0.3, -0.25) is 9.78 Å². The van der Waals surface area contributed by atoms with Crippen LogP contribution in [0.2, 0.25) is 0 Å². The molecule has 3 rings (SSSR count). The van der Waals surface area contributed by atoms with E-state index in [-0.39, 0.29) is 22.4 Å². The Hall–Kier alpha value is -3.05. The van der Waals surface area contributed by atoms with E-state index in [4.69, 9.17) is 10.3 Å². The van der Waals surface area contributed by atoms with E-state index in [1.807, 2.05) is 13.8 Å². The average molecular weight is 404 g/mol. The normalized spacial score (nSPS) is 13.0. The molecule has 0 aliphatic rings. The Morgan fingerprint density at radius 1 is 1.36 bits per heavy atom. The summed E-state index contributed by atoms with van der Waals surface area (Å²) in [5.74, 6) is -0.467. The highest BCUT2D eigenvalue weighted by Crippen LogP contribution is 2.25. The third-order valence-electron chi connectivity index (χ3n) is 4.12. The van der Waals surface area contributed by atoms with Crippen LogP contribution in [0.15, 0.2) is 46.2 Å². The van der Waals surface area contributed by atoms with Crippen molar-refractivity contribution in [2.75, 3.05) is 0 Å². The van der Waals surface area contributed by atoms with Gasteiger partial charge in [-0.15, -0.1) is 0 Å². The molecule has 1 unspecified atom stereocenters. The zero-order chi connectivity index (χ0) is 20.5. The maximum absolute atomic E-state index is 12.8. The number of pyridine rings is 1. The summed E-state index contributed by atoms with van der Waals surface area (Å²) in [4.78, 5) is 19.6. The molecule has 0 aromatic carbocycles. The smallest absolute Gasteiger partial charge is 0.265 e. The van der Waals surface area contributed by atoms with Crippen molar-refractivity contribution in [2.45, 2.75) is 24.8 Å². The molecule has 0 fully saturated rings. The first-order valence-corrected chi connectivity index (χ1v) is 9.90. The van der Waals surface area contributed by atoms with Gasteiger partial charge in [-0.05, 0) is 24.1 Å². The zero-order valence-electron chi connectivity index (χ0n) is 15.5. The van der Waals surface area contributed by atoms with Crippen LogP contribution in [0.3, 0.4) is 0 Å². The standard InChI is InChI=1S/C17H20N6O4S/c1-10(2)14(17-20-16(21-27-17)11-5-4-6-19-8-11)22-28(25,26)12-7-13(15(18)24)23(3)9-12/h4-10,14,22H,1-3H3,(H2,18,24). The van der Waals surface area contributed by atoms with E-state index >= 15 is 0 Å². The lowest BCUT2D eigenvalue weighted by molar-refractivity contribution is 0.0992. The van der Waals surface area contributed by atoms with Crippen molar-refractivity contribution in [1.82, 2.24) is 24.4 Å². The zero-order valence-corrected chi connectivity index (χ0v) is 16.3. The van der Waals surface area contributed by atoms with Gasteiger partial charge in [0.1, 0.15) is 16.6 Å². The first-order chi connectivity index (χ1) is 13.2. The number of carbonyl (C=O) groups excluding carboxylic acids is 1. The number of nitrogens with one attached hydrogen (secondary N) is 1. The fourth-order valence-corrected chi connectivity index (χ4v) is 4.01. The number of primary amides is 1. The van der Waals surface area contributed by atoms with Gasteiger partial charge in [-0.2, -0.15) is 9.71 Å². The minimum absolute atomic E-state index is 0.0816. The van der Waals surface area contributed by atoms with Crippen molar-refractivity contribution in [2.24, 2.45) is 18.7 Å². The van der Waals surface area contributed by atoms with Crippen molar-refractivity contribution < 1.29 is 17.7 Å². The highest BCUT2D eigenvalue weighted by Gasteiger charge is 2.30. The number of hydrogen-bond donors (Lipinski definition) is 2. The molecular formula is C17H20N6O4S. The van der Waals surface area contributed by atoms with Gasteiger partial charge in [0.2, 0.25) is 21.7 Å². The summed E-state index contributed by atoms with van der Waals surface area (Å²) in [5, 5.41) is 3.91. The molecule has 3 heterocycles. The van der Waals surface area contributed by atoms with Crippen molar-refractivity contribution in [3.05, 3.63) is 48.4 Å². The second kappa shape index (κ2) is 7.52. The molecule has 3 aromatic rings. The molecule has 0 spiro atoms. The van der Waals surface area contributed by atoms with E-state index in [2.05, 4.69) is 19.8 Å². The molecule has 28 heavy (non-hydrogen) atoms. The van der Waals surface area contributed by atoms with Crippen LogP contribution in [0.4, 0.5) is 0 Å². The molecule has 0 saturated heterocycles. The van der Waals surface area contributed by atoms with Gasteiger partial charge >= 0.3 is 0 Å². The lowest BCUT2D eigenvalue weighted by atomic mass is 10.1. The van der Waals surface area contributed by atoms with Gasteiger partial charge in [0.05, 0.1) is 0 Å². The molecule has 148 valence electrons. The van der Waals surface area contributed by atoms with Crippen molar-refractivity contribution in [1.29, 1.82) is 0 Å². The topological polar surface area (TPSA) is 146 Å². The summed E-state index contributed by atoms with van der Waals surface area (Å²) in [5.41, 5.74) is 5.99. The molecule has 3 N–H and O–H groups in total.